The van der Waals surface area contributed by atoms with Crippen molar-refractivity contribution < 1.29 is 4.79 Å². The van der Waals surface area contributed by atoms with Gasteiger partial charge in [-0.15, -0.1) is 0 Å². The maximum Gasteiger partial charge on any atom is 0.272 e. The van der Waals surface area contributed by atoms with Crippen LogP contribution in [0, 0.1) is 0 Å². The van der Waals surface area contributed by atoms with Crippen LogP contribution < -0.4 is 5.32 Å². The van der Waals surface area contributed by atoms with Gasteiger partial charge >= 0.3 is 0 Å². The average molecular weight is 338 g/mol. The fourth-order valence-corrected chi connectivity index (χ4v) is 3.29. The van der Waals surface area contributed by atoms with Gasteiger partial charge in [-0.25, -0.2) is 0 Å². The molecule has 4 nitrogen and oxygen atoms in total. The molecular weight excluding hydrogens is 321 g/mol. The zero-order valence-corrected chi connectivity index (χ0v) is 13.6. The Morgan fingerprint density at radius 2 is 2.09 bits per heavy atom. The third-order valence-electron chi connectivity index (χ3n) is 3.97. The summed E-state index contributed by atoms with van der Waals surface area (Å²) in [6.07, 6.45) is 4.85. The Bertz CT molecular complexity index is 697. The quantitative estimate of drug-likeness (QED) is 0.895. The number of benzene rings is 1. The lowest BCUT2D eigenvalue weighted by Crippen LogP contribution is -2.27. The van der Waals surface area contributed by atoms with E-state index in [0.717, 1.165) is 42.5 Å². The highest BCUT2D eigenvalue weighted by Gasteiger charge is 2.21. The first kappa shape index (κ1) is 15.4. The number of carbonyl (C=O) groups excluding carboxylic acids is 1. The predicted octanol–water partition coefficient (Wildman–Crippen LogP) is 3.57. The lowest BCUT2D eigenvalue weighted by molar-refractivity contribution is 0.0948. The first-order valence-electron chi connectivity index (χ1n) is 7.43. The minimum atomic E-state index is -0.121. The van der Waals surface area contributed by atoms with Crippen molar-refractivity contribution in [3.63, 3.8) is 0 Å². The van der Waals surface area contributed by atoms with Gasteiger partial charge in [-0.2, -0.15) is 5.10 Å². The zero-order chi connectivity index (χ0) is 15.5. The second-order valence-electron chi connectivity index (χ2n) is 5.48. The Morgan fingerprint density at radius 1 is 1.27 bits per heavy atom. The Labute approximate surface area is 139 Å². The number of halogens is 2. The number of fused-ring (bicyclic) bond motifs is 1. The van der Waals surface area contributed by atoms with Gasteiger partial charge in [0.25, 0.3) is 5.91 Å². The van der Waals surface area contributed by atoms with Gasteiger partial charge in [0.15, 0.2) is 5.69 Å². The fraction of sp³-hybridized carbons (Fsp3) is 0.375. The van der Waals surface area contributed by atoms with Crippen LogP contribution in [0.3, 0.4) is 0 Å². The summed E-state index contributed by atoms with van der Waals surface area (Å²) < 4.78 is 0. The van der Waals surface area contributed by atoms with E-state index in [2.05, 4.69) is 15.5 Å². The van der Waals surface area contributed by atoms with Crippen LogP contribution in [0.4, 0.5) is 0 Å². The van der Waals surface area contributed by atoms with E-state index in [0.29, 0.717) is 28.7 Å². The summed E-state index contributed by atoms with van der Waals surface area (Å²) in [5.74, 6) is -0.121. The van der Waals surface area contributed by atoms with Crippen LogP contribution in [0.1, 0.15) is 40.2 Å². The lowest BCUT2D eigenvalue weighted by Gasteiger charge is -2.11. The van der Waals surface area contributed by atoms with Gasteiger partial charge in [-0.05, 0) is 49.8 Å². The number of amides is 1. The number of aromatic nitrogens is 2. The molecule has 1 aromatic carbocycles. The fourth-order valence-electron chi connectivity index (χ4n) is 2.79. The smallest absolute Gasteiger partial charge is 0.272 e. The summed E-state index contributed by atoms with van der Waals surface area (Å²) >= 11 is 12.0. The molecule has 0 spiro atoms. The van der Waals surface area contributed by atoms with Crippen LogP contribution in [-0.4, -0.2) is 22.6 Å². The second-order valence-corrected chi connectivity index (χ2v) is 6.32. The van der Waals surface area contributed by atoms with E-state index in [1.165, 1.54) is 0 Å². The van der Waals surface area contributed by atoms with E-state index < -0.39 is 0 Å². The van der Waals surface area contributed by atoms with Crippen LogP contribution in [0.5, 0.6) is 0 Å². The van der Waals surface area contributed by atoms with Gasteiger partial charge in [-0.1, -0.05) is 29.3 Å². The number of H-pyrrole nitrogens is 1. The minimum Gasteiger partial charge on any atom is -0.350 e. The maximum atomic E-state index is 12.3. The molecule has 0 saturated heterocycles. The molecule has 0 atom stereocenters. The first-order valence-corrected chi connectivity index (χ1v) is 8.19. The highest BCUT2D eigenvalue weighted by atomic mass is 35.5. The van der Waals surface area contributed by atoms with Gasteiger partial charge in [0.05, 0.1) is 0 Å². The largest absolute Gasteiger partial charge is 0.350 e. The molecule has 6 heteroatoms. The van der Waals surface area contributed by atoms with Crippen LogP contribution >= 0.6 is 23.2 Å². The number of nitrogens with one attached hydrogen (secondary N) is 2. The SMILES string of the molecule is O=C(NCCc1ccc(Cl)cc1Cl)c1n[nH]c2c1CCCC2. The number of hydrogen-bond donors (Lipinski definition) is 2. The third-order valence-corrected chi connectivity index (χ3v) is 4.55. The summed E-state index contributed by atoms with van der Waals surface area (Å²) in [6, 6.07) is 5.40. The average Bonchev–Trinajstić information content (AvgIpc) is 2.93. The van der Waals surface area contributed by atoms with Crippen molar-refractivity contribution in [2.24, 2.45) is 0 Å². The molecule has 2 aromatic rings. The monoisotopic (exact) mass is 337 g/mol. The van der Waals surface area contributed by atoms with Crippen LogP contribution in [0.2, 0.25) is 10.0 Å². The van der Waals surface area contributed by atoms with Crippen molar-refractivity contribution in [3.05, 3.63) is 50.8 Å². The predicted molar refractivity (Wildman–Crippen MR) is 87.7 cm³/mol. The van der Waals surface area contributed by atoms with E-state index in [9.17, 15) is 4.79 Å². The molecule has 1 amide bonds. The van der Waals surface area contributed by atoms with E-state index >= 15 is 0 Å². The molecule has 0 fully saturated rings. The van der Waals surface area contributed by atoms with Crippen molar-refractivity contribution in [1.29, 1.82) is 0 Å². The molecular formula is C16H17Cl2N3O. The number of aromatic amines is 1. The molecule has 1 aromatic heterocycles. The van der Waals surface area contributed by atoms with Crippen LogP contribution in [0.15, 0.2) is 18.2 Å². The first-order chi connectivity index (χ1) is 10.6. The highest BCUT2D eigenvalue weighted by molar-refractivity contribution is 6.35. The summed E-state index contributed by atoms with van der Waals surface area (Å²) in [6.45, 7) is 0.516. The molecule has 1 aliphatic rings. The van der Waals surface area contributed by atoms with E-state index in [4.69, 9.17) is 23.2 Å². The number of rotatable bonds is 4. The summed E-state index contributed by atoms with van der Waals surface area (Å²) in [5.41, 5.74) is 3.69. The van der Waals surface area contributed by atoms with Crippen molar-refractivity contribution >= 4 is 29.1 Å². The zero-order valence-electron chi connectivity index (χ0n) is 12.1. The maximum absolute atomic E-state index is 12.3. The van der Waals surface area contributed by atoms with E-state index in [1.54, 1.807) is 12.1 Å². The van der Waals surface area contributed by atoms with Gasteiger partial charge in [0.2, 0.25) is 0 Å². The standard InChI is InChI=1S/C16H17Cl2N3O/c17-11-6-5-10(13(18)9-11)7-8-19-16(22)15-12-3-1-2-4-14(12)20-21-15/h5-6,9H,1-4,7-8H2,(H,19,22)(H,20,21). The molecule has 3 rings (SSSR count). The molecule has 2 N–H and O–H groups in total. The molecule has 1 aliphatic carbocycles. The molecule has 0 aliphatic heterocycles. The summed E-state index contributed by atoms with van der Waals surface area (Å²) in [4.78, 5) is 12.3. The molecule has 0 saturated carbocycles. The van der Waals surface area contributed by atoms with E-state index in [-0.39, 0.29) is 5.91 Å². The Kier molecular flexibility index (Phi) is 4.69. The van der Waals surface area contributed by atoms with Gasteiger partial charge < -0.3 is 5.32 Å². The van der Waals surface area contributed by atoms with Crippen molar-refractivity contribution in [2.45, 2.75) is 32.1 Å². The van der Waals surface area contributed by atoms with Crippen molar-refractivity contribution in [3.8, 4) is 0 Å². The third kappa shape index (κ3) is 3.28. The molecule has 0 radical (unpaired) electrons. The summed E-state index contributed by atoms with van der Waals surface area (Å²) in [7, 11) is 0. The highest BCUT2D eigenvalue weighted by Crippen LogP contribution is 2.23. The number of hydrogen-bond acceptors (Lipinski definition) is 2. The van der Waals surface area contributed by atoms with Crippen LogP contribution in [-0.2, 0) is 19.3 Å². The Balaban J connectivity index is 1.60. The number of carbonyl (C=O) groups is 1. The second kappa shape index (κ2) is 6.71. The Hall–Kier alpha value is -1.52. The van der Waals surface area contributed by atoms with Crippen molar-refractivity contribution in [1.82, 2.24) is 15.5 Å². The van der Waals surface area contributed by atoms with E-state index in [1.807, 2.05) is 6.07 Å². The number of nitrogens with zero attached hydrogens (tertiary/aromatic N) is 1. The molecule has 22 heavy (non-hydrogen) atoms. The molecule has 116 valence electrons. The molecule has 0 unspecified atom stereocenters. The van der Waals surface area contributed by atoms with Gasteiger partial charge in [-0.3, -0.25) is 9.89 Å². The normalized spacial score (nSPS) is 13.7. The number of aryl methyl sites for hydroxylation is 1. The Morgan fingerprint density at radius 3 is 2.91 bits per heavy atom. The van der Waals surface area contributed by atoms with Gasteiger partial charge in [0, 0.05) is 27.8 Å². The minimum absolute atomic E-state index is 0.121. The van der Waals surface area contributed by atoms with Crippen LogP contribution in [0.25, 0.3) is 0 Å². The summed E-state index contributed by atoms with van der Waals surface area (Å²) in [5, 5.41) is 11.3. The molecule has 1 heterocycles. The lowest BCUT2D eigenvalue weighted by atomic mass is 9.96. The topological polar surface area (TPSA) is 57.8 Å². The van der Waals surface area contributed by atoms with Crippen molar-refractivity contribution in [2.75, 3.05) is 6.54 Å². The molecule has 0 bridgehead atoms. The van der Waals surface area contributed by atoms with Gasteiger partial charge in [0.1, 0.15) is 0 Å².